The summed E-state index contributed by atoms with van der Waals surface area (Å²) in [5.74, 6) is 0. The molecular weight excluding hydrogens is 330 g/mol. The zero-order chi connectivity index (χ0) is 16.4. The highest BCUT2D eigenvalue weighted by atomic mass is 32.2. The zero-order valence-corrected chi connectivity index (χ0v) is 15.0. The van der Waals surface area contributed by atoms with Gasteiger partial charge in [-0.25, -0.2) is 8.42 Å². The molecule has 0 atom stereocenters. The van der Waals surface area contributed by atoms with Crippen LogP contribution in [0.3, 0.4) is 0 Å². The molecule has 5 nitrogen and oxygen atoms in total. The number of hydrogen-bond acceptors (Lipinski definition) is 5. The second-order valence-corrected chi connectivity index (χ2v) is 8.50. The molecular formula is C16H21N3O2S2. The number of rotatable bonds is 5. The molecule has 0 spiro atoms. The van der Waals surface area contributed by atoms with Crippen LogP contribution in [0.25, 0.3) is 0 Å². The van der Waals surface area contributed by atoms with Crippen molar-refractivity contribution in [3.8, 4) is 0 Å². The molecule has 1 aliphatic rings. The molecule has 1 aromatic carbocycles. The topological polar surface area (TPSA) is 53.5 Å². The highest BCUT2D eigenvalue weighted by Gasteiger charge is 2.28. The molecule has 2 aromatic rings. The first-order valence-electron chi connectivity index (χ1n) is 7.82. The number of nitrogens with zero attached hydrogens (tertiary/aromatic N) is 3. The maximum Gasteiger partial charge on any atom is 0.275 e. The normalized spacial score (nSPS) is 15.4. The standard InChI is InChI=1S/C16H21N3O2S2/c1-3-18-9-8-14-13(11-18)6-5-7-15(14)19(4-2)23(20,21)16-10-17-12-22-16/h5-7,10,12H,3-4,8-9,11H2,1-2H3. The van der Waals surface area contributed by atoms with E-state index in [2.05, 4.69) is 22.9 Å². The number of aromatic nitrogens is 1. The van der Waals surface area contributed by atoms with Crippen LogP contribution >= 0.6 is 11.3 Å². The highest BCUT2D eigenvalue weighted by molar-refractivity contribution is 7.94. The Morgan fingerprint density at radius 1 is 1.35 bits per heavy atom. The Hall–Kier alpha value is -1.44. The molecule has 0 N–H and O–H groups in total. The van der Waals surface area contributed by atoms with E-state index in [9.17, 15) is 8.42 Å². The second kappa shape index (κ2) is 6.59. The zero-order valence-electron chi connectivity index (χ0n) is 13.4. The van der Waals surface area contributed by atoms with Crippen LogP contribution in [0.4, 0.5) is 5.69 Å². The van der Waals surface area contributed by atoms with Gasteiger partial charge in [0.05, 0.1) is 17.4 Å². The van der Waals surface area contributed by atoms with Crippen LogP contribution in [0.1, 0.15) is 25.0 Å². The molecule has 0 saturated heterocycles. The predicted octanol–water partition coefficient (Wildman–Crippen LogP) is 2.74. The van der Waals surface area contributed by atoms with Gasteiger partial charge in [-0.1, -0.05) is 19.1 Å². The largest absolute Gasteiger partial charge is 0.299 e. The number of thiazole rings is 1. The maximum atomic E-state index is 12.9. The molecule has 1 aliphatic heterocycles. The van der Waals surface area contributed by atoms with E-state index in [0.717, 1.165) is 48.6 Å². The Balaban J connectivity index is 2.04. The van der Waals surface area contributed by atoms with E-state index in [1.165, 1.54) is 16.1 Å². The minimum atomic E-state index is -3.54. The Labute approximate surface area is 141 Å². The van der Waals surface area contributed by atoms with Gasteiger partial charge in [0.15, 0.2) is 4.21 Å². The Kier molecular flexibility index (Phi) is 4.70. The van der Waals surface area contributed by atoms with Crippen LogP contribution in [0, 0.1) is 0 Å². The van der Waals surface area contributed by atoms with Gasteiger partial charge >= 0.3 is 0 Å². The van der Waals surface area contributed by atoms with Crippen molar-refractivity contribution in [2.24, 2.45) is 0 Å². The highest BCUT2D eigenvalue weighted by Crippen LogP contribution is 2.33. The van der Waals surface area contributed by atoms with Gasteiger partial charge in [0.25, 0.3) is 10.0 Å². The van der Waals surface area contributed by atoms with Gasteiger partial charge in [0, 0.05) is 19.6 Å². The molecule has 0 unspecified atom stereocenters. The molecule has 0 aliphatic carbocycles. The molecule has 124 valence electrons. The van der Waals surface area contributed by atoms with E-state index < -0.39 is 10.0 Å². The first-order chi connectivity index (χ1) is 11.1. The number of sulfonamides is 1. The maximum absolute atomic E-state index is 12.9. The fourth-order valence-corrected chi connectivity index (χ4v) is 5.48. The summed E-state index contributed by atoms with van der Waals surface area (Å²) in [5, 5.41) is 0. The van der Waals surface area contributed by atoms with E-state index in [0.29, 0.717) is 10.8 Å². The van der Waals surface area contributed by atoms with Gasteiger partial charge in [0.1, 0.15) is 0 Å². The summed E-state index contributed by atoms with van der Waals surface area (Å²) in [7, 11) is -3.54. The molecule has 0 fully saturated rings. The lowest BCUT2D eigenvalue weighted by Crippen LogP contribution is -2.35. The molecule has 7 heteroatoms. The molecule has 0 saturated carbocycles. The second-order valence-electron chi connectivity index (χ2n) is 5.52. The minimum absolute atomic E-state index is 0.294. The van der Waals surface area contributed by atoms with Crippen molar-refractivity contribution in [2.75, 3.05) is 23.9 Å². The van der Waals surface area contributed by atoms with Crippen molar-refractivity contribution in [1.82, 2.24) is 9.88 Å². The Morgan fingerprint density at radius 2 is 2.17 bits per heavy atom. The Morgan fingerprint density at radius 3 is 2.83 bits per heavy atom. The van der Waals surface area contributed by atoms with Gasteiger partial charge in [-0.2, -0.15) is 0 Å². The smallest absolute Gasteiger partial charge is 0.275 e. The number of hydrogen-bond donors (Lipinski definition) is 0. The van der Waals surface area contributed by atoms with Crippen LogP contribution in [0.15, 0.2) is 34.1 Å². The van der Waals surface area contributed by atoms with E-state index in [1.807, 2.05) is 19.1 Å². The third kappa shape index (κ3) is 3.00. The molecule has 2 heterocycles. The van der Waals surface area contributed by atoms with Gasteiger partial charge in [-0.05, 0) is 37.1 Å². The number of anilines is 1. The molecule has 1 aromatic heterocycles. The summed E-state index contributed by atoms with van der Waals surface area (Å²) < 4.78 is 27.6. The lowest BCUT2D eigenvalue weighted by Gasteiger charge is -2.32. The lowest BCUT2D eigenvalue weighted by atomic mass is 9.98. The first-order valence-corrected chi connectivity index (χ1v) is 10.1. The first kappa shape index (κ1) is 16.4. The quantitative estimate of drug-likeness (QED) is 0.831. The third-order valence-corrected chi connectivity index (χ3v) is 7.41. The number of likely N-dealkylation sites (N-methyl/N-ethyl adjacent to an activating group) is 1. The van der Waals surface area contributed by atoms with Crippen molar-refractivity contribution in [3.05, 3.63) is 41.0 Å². The summed E-state index contributed by atoms with van der Waals surface area (Å²) >= 11 is 1.16. The van der Waals surface area contributed by atoms with E-state index in [1.54, 1.807) is 5.51 Å². The Bertz CT molecular complexity index is 773. The van der Waals surface area contributed by atoms with E-state index in [4.69, 9.17) is 0 Å². The van der Waals surface area contributed by atoms with Crippen molar-refractivity contribution >= 4 is 27.0 Å². The van der Waals surface area contributed by atoms with Crippen molar-refractivity contribution in [1.29, 1.82) is 0 Å². The summed E-state index contributed by atoms with van der Waals surface area (Å²) in [5.41, 5.74) is 4.76. The summed E-state index contributed by atoms with van der Waals surface area (Å²) in [6.45, 7) is 7.31. The summed E-state index contributed by atoms with van der Waals surface area (Å²) in [4.78, 5) is 6.29. The molecule has 0 bridgehead atoms. The van der Waals surface area contributed by atoms with Crippen molar-refractivity contribution in [2.45, 2.75) is 31.0 Å². The molecule has 0 amide bonds. The van der Waals surface area contributed by atoms with Crippen molar-refractivity contribution in [3.63, 3.8) is 0 Å². The number of fused-ring (bicyclic) bond motifs is 1. The van der Waals surface area contributed by atoms with Gasteiger partial charge in [-0.15, -0.1) is 11.3 Å². The van der Waals surface area contributed by atoms with Crippen LogP contribution in [-0.4, -0.2) is 37.9 Å². The van der Waals surface area contributed by atoms with Gasteiger partial charge < -0.3 is 0 Å². The van der Waals surface area contributed by atoms with Crippen LogP contribution < -0.4 is 4.31 Å². The van der Waals surface area contributed by atoms with Crippen LogP contribution in [0.2, 0.25) is 0 Å². The van der Waals surface area contributed by atoms with Gasteiger partial charge in [0.2, 0.25) is 0 Å². The monoisotopic (exact) mass is 351 g/mol. The SMILES string of the molecule is CCN1CCc2c(cccc2N(CC)S(=O)(=O)c2cncs2)C1. The van der Waals surface area contributed by atoms with Gasteiger partial charge in [-0.3, -0.25) is 14.2 Å². The van der Waals surface area contributed by atoms with Crippen LogP contribution in [-0.2, 0) is 23.0 Å². The fraction of sp³-hybridized carbons (Fsp3) is 0.438. The average molecular weight is 351 g/mol. The third-order valence-electron chi connectivity index (χ3n) is 4.28. The predicted molar refractivity (Wildman–Crippen MR) is 93.4 cm³/mol. The number of benzene rings is 1. The molecule has 3 rings (SSSR count). The fourth-order valence-electron chi connectivity index (χ4n) is 3.06. The summed E-state index contributed by atoms with van der Waals surface area (Å²) in [6.07, 6.45) is 2.31. The summed E-state index contributed by atoms with van der Waals surface area (Å²) in [6, 6.07) is 5.98. The van der Waals surface area contributed by atoms with Crippen LogP contribution in [0.5, 0.6) is 0 Å². The average Bonchev–Trinajstić information content (AvgIpc) is 3.10. The molecule has 23 heavy (non-hydrogen) atoms. The van der Waals surface area contributed by atoms with E-state index >= 15 is 0 Å². The molecule has 0 radical (unpaired) electrons. The minimum Gasteiger partial charge on any atom is -0.299 e. The van der Waals surface area contributed by atoms with Crippen molar-refractivity contribution < 1.29 is 8.42 Å². The lowest BCUT2D eigenvalue weighted by molar-refractivity contribution is 0.268. The van der Waals surface area contributed by atoms with E-state index in [-0.39, 0.29) is 0 Å².